The van der Waals surface area contributed by atoms with Gasteiger partial charge in [0.2, 0.25) is 0 Å². The number of aromatic nitrogens is 1. The highest BCUT2D eigenvalue weighted by Crippen LogP contribution is 2.34. The van der Waals surface area contributed by atoms with Crippen LogP contribution in [0.2, 0.25) is 5.02 Å². The minimum Gasteiger partial charge on any atom is -0.495 e. The summed E-state index contributed by atoms with van der Waals surface area (Å²) in [5.41, 5.74) is 2.62. The quantitative estimate of drug-likeness (QED) is 0.270. The van der Waals surface area contributed by atoms with Crippen LogP contribution in [0.4, 0.5) is 11.4 Å². The van der Waals surface area contributed by atoms with E-state index in [1.54, 1.807) is 35.6 Å². The van der Waals surface area contributed by atoms with Crippen LogP contribution in [0, 0.1) is 24.0 Å². The van der Waals surface area contributed by atoms with Gasteiger partial charge in [0.05, 0.1) is 34.5 Å². The van der Waals surface area contributed by atoms with E-state index in [9.17, 15) is 14.9 Å². The molecular weight excluding hydrogens is 450 g/mol. The maximum atomic E-state index is 13.4. The first kappa shape index (κ1) is 21.7. The van der Waals surface area contributed by atoms with E-state index in [2.05, 4.69) is 5.32 Å². The van der Waals surface area contributed by atoms with E-state index in [-0.39, 0.29) is 11.4 Å². The van der Waals surface area contributed by atoms with E-state index in [0.29, 0.717) is 32.9 Å². The molecule has 2 heterocycles. The maximum absolute atomic E-state index is 13.4. The van der Waals surface area contributed by atoms with Crippen molar-refractivity contribution in [3.63, 3.8) is 0 Å². The number of thiophene rings is 1. The molecule has 2 aromatic heterocycles. The molecule has 0 aliphatic rings. The summed E-state index contributed by atoms with van der Waals surface area (Å²) >= 11 is 7.85. The molecule has 0 unspecified atom stereocenters. The number of pyridine rings is 1. The summed E-state index contributed by atoms with van der Waals surface area (Å²) in [5.74, 6) is -0.144. The number of nitro benzene ring substituents is 1. The van der Waals surface area contributed by atoms with E-state index in [4.69, 9.17) is 21.3 Å². The maximum Gasteiger partial charge on any atom is 0.271 e. The number of non-ortho nitro benzene ring substituents is 1. The van der Waals surface area contributed by atoms with Gasteiger partial charge in [-0.15, -0.1) is 11.3 Å². The molecule has 1 N–H and O–H groups in total. The molecule has 0 spiro atoms. The molecule has 0 fully saturated rings. The summed E-state index contributed by atoms with van der Waals surface area (Å²) in [5, 5.41) is 15.0. The first-order valence-electron chi connectivity index (χ1n) is 9.58. The number of nitrogens with zero attached hydrogens (tertiary/aromatic N) is 2. The van der Waals surface area contributed by atoms with Crippen molar-refractivity contribution in [2.45, 2.75) is 13.8 Å². The number of benzene rings is 2. The molecule has 1 amide bonds. The van der Waals surface area contributed by atoms with Crippen LogP contribution < -0.4 is 10.1 Å². The zero-order chi connectivity index (χ0) is 23.0. The predicted octanol–water partition coefficient (Wildman–Crippen LogP) is 6.40. The van der Waals surface area contributed by atoms with Crippen LogP contribution in [0.3, 0.4) is 0 Å². The Morgan fingerprint density at radius 3 is 2.59 bits per heavy atom. The molecule has 0 saturated carbocycles. The number of carbonyl (C=O) groups excluding carboxylic acids is 1. The standard InChI is InChI=1S/C23H18ClN3O4S/c1-12-8-16(13(2)32-12)20-11-18(17-9-14(24)4-6-19(17)25-20)23(28)26-21-10-15(27(29)30)5-7-22(21)31-3/h4-11H,1-3H3,(H,26,28). The average Bonchev–Trinajstić information content (AvgIpc) is 3.10. The smallest absolute Gasteiger partial charge is 0.271 e. The molecule has 0 atom stereocenters. The third-order valence-electron chi connectivity index (χ3n) is 4.97. The summed E-state index contributed by atoms with van der Waals surface area (Å²) in [4.78, 5) is 31.0. The Labute approximate surface area is 192 Å². The Bertz CT molecular complexity index is 1380. The zero-order valence-electron chi connectivity index (χ0n) is 17.4. The van der Waals surface area contributed by atoms with E-state index in [1.165, 1.54) is 25.3 Å². The number of methoxy groups -OCH3 is 1. The summed E-state index contributed by atoms with van der Waals surface area (Å²) in [6, 6.07) is 12.9. The zero-order valence-corrected chi connectivity index (χ0v) is 19.0. The average molecular weight is 468 g/mol. The van der Waals surface area contributed by atoms with E-state index in [0.717, 1.165) is 15.3 Å². The first-order valence-corrected chi connectivity index (χ1v) is 10.8. The van der Waals surface area contributed by atoms with Crippen molar-refractivity contribution in [1.29, 1.82) is 0 Å². The second-order valence-corrected chi connectivity index (χ2v) is 9.04. The number of nitrogens with one attached hydrogen (secondary N) is 1. The Morgan fingerprint density at radius 2 is 1.94 bits per heavy atom. The van der Waals surface area contributed by atoms with Gasteiger partial charge < -0.3 is 10.1 Å². The lowest BCUT2D eigenvalue weighted by atomic mass is 10.0. The molecule has 0 radical (unpaired) electrons. The van der Waals surface area contributed by atoms with Crippen LogP contribution in [0.25, 0.3) is 22.2 Å². The van der Waals surface area contributed by atoms with Crippen LogP contribution in [0.15, 0.2) is 48.5 Å². The van der Waals surface area contributed by atoms with E-state index in [1.807, 2.05) is 19.9 Å². The Morgan fingerprint density at radius 1 is 1.16 bits per heavy atom. The van der Waals surface area contributed by atoms with Crippen molar-refractivity contribution in [2.75, 3.05) is 12.4 Å². The number of rotatable bonds is 5. The van der Waals surface area contributed by atoms with Gasteiger partial charge in [-0.1, -0.05) is 11.6 Å². The fourth-order valence-electron chi connectivity index (χ4n) is 3.51. The third kappa shape index (κ3) is 4.15. The van der Waals surface area contributed by atoms with Gasteiger partial charge in [-0.2, -0.15) is 0 Å². The Kier molecular flexibility index (Phi) is 5.82. The highest BCUT2D eigenvalue weighted by atomic mass is 35.5. The normalized spacial score (nSPS) is 10.9. The highest BCUT2D eigenvalue weighted by Gasteiger charge is 2.19. The van der Waals surface area contributed by atoms with Crippen LogP contribution >= 0.6 is 22.9 Å². The van der Waals surface area contributed by atoms with Gasteiger partial charge in [-0.05, 0) is 50.2 Å². The molecule has 7 nitrogen and oxygen atoms in total. The number of carbonyl (C=O) groups is 1. The highest BCUT2D eigenvalue weighted by molar-refractivity contribution is 7.12. The fraction of sp³-hybridized carbons (Fsp3) is 0.130. The van der Waals surface area contributed by atoms with Gasteiger partial charge in [0, 0.05) is 37.9 Å². The summed E-state index contributed by atoms with van der Waals surface area (Å²) in [7, 11) is 1.43. The SMILES string of the molecule is COc1ccc([N+](=O)[O-])cc1NC(=O)c1cc(-c2cc(C)sc2C)nc2ccc(Cl)cc12. The minimum absolute atomic E-state index is 0.159. The van der Waals surface area contributed by atoms with Gasteiger partial charge in [0.15, 0.2) is 0 Å². The molecule has 0 bridgehead atoms. The molecule has 0 saturated heterocycles. The van der Waals surface area contributed by atoms with Crippen molar-refractivity contribution in [1.82, 2.24) is 4.98 Å². The molecule has 4 rings (SSSR count). The van der Waals surface area contributed by atoms with Crippen molar-refractivity contribution in [2.24, 2.45) is 0 Å². The second kappa shape index (κ2) is 8.57. The number of fused-ring (bicyclic) bond motifs is 1. The van der Waals surface area contributed by atoms with E-state index < -0.39 is 10.8 Å². The summed E-state index contributed by atoms with van der Waals surface area (Å²) < 4.78 is 5.27. The van der Waals surface area contributed by atoms with Crippen molar-refractivity contribution in [3.05, 3.63) is 79.0 Å². The second-order valence-electron chi connectivity index (χ2n) is 7.14. The first-order chi connectivity index (χ1) is 15.3. The Hall–Kier alpha value is -3.49. The molecular formula is C23H18ClN3O4S. The largest absolute Gasteiger partial charge is 0.495 e. The van der Waals surface area contributed by atoms with Crippen LogP contribution in [0.1, 0.15) is 20.1 Å². The summed E-state index contributed by atoms with van der Waals surface area (Å²) in [6.07, 6.45) is 0. The van der Waals surface area contributed by atoms with Crippen LogP contribution in [-0.4, -0.2) is 22.9 Å². The fourth-order valence-corrected chi connectivity index (χ4v) is 4.61. The third-order valence-corrected chi connectivity index (χ3v) is 6.18. The number of anilines is 1. The van der Waals surface area contributed by atoms with Gasteiger partial charge >= 0.3 is 0 Å². The number of nitro groups is 1. The van der Waals surface area contributed by atoms with Crippen molar-refractivity contribution >= 4 is 51.1 Å². The lowest BCUT2D eigenvalue weighted by Gasteiger charge is -2.13. The number of hydrogen-bond acceptors (Lipinski definition) is 6. The monoisotopic (exact) mass is 467 g/mol. The van der Waals surface area contributed by atoms with E-state index >= 15 is 0 Å². The topological polar surface area (TPSA) is 94.4 Å². The van der Waals surface area contributed by atoms with Gasteiger partial charge in [-0.3, -0.25) is 14.9 Å². The molecule has 162 valence electrons. The lowest BCUT2D eigenvalue weighted by Crippen LogP contribution is -2.14. The van der Waals surface area contributed by atoms with Gasteiger partial charge in [-0.25, -0.2) is 4.98 Å². The molecule has 2 aromatic carbocycles. The summed E-state index contributed by atoms with van der Waals surface area (Å²) in [6.45, 7) is 4.03. The lowest BCUT2D eigenvalue weighted by molar-refractivity contribution is -0.384. The molecule has 0 aliphatic heterocycles. The van der Waals surface area contributed by atoms with Crippen LogP contribution in [0.5, 0.6) is 5.75 Å². The Balaban J connectivity index is 1.85. The van der Waals surface area contributed by atoms with Crippen LogP contribution in [-0.2, 0) is 0 Å². The van der Waals surface area contributed by atoms with Gasteiger partial charge in [0.1, 0.15) is 5.75 Å². The number of aryl methyl sites for hydroxylation is 2. The number of halogens is 1. The minimum atomic E-state index is -0.531. The molecule has 9 heteroatoms. The molecule has 0 aliphatic carbocycles. The predicted molar refractivity (Wildman–Crippen MR) is 127 cm³/mol. The van der Waals surface area contributed by atoms with Crippen molar-refractivity contribution < 1.29 is 14.5 Å². The molecule has 4 aromatic rings. The number of hydrogen-bond donors (Lipinski definition) is 1. The van der Waals surface area contributed by atoms with Crippen molar-refractivity contribution in [3.8, 4) is 17.0 Å². The molecule has 32 heavy (non-hydrogen) atoms. The number of ether oxygens (including phenoxy) is 1. The van der Waals surface area contributed by atoms with Gasteiger partial charge in [0.25, 0.3) is 11.6 Å². The number of amides is 1.